The van der Waals surface area contributed by atoms with Gasteiger partial charge in [-0.05, 0) is 29.8 Å². The molecule has 0 aliphatic rings. The predicted molar refractivity (Wildman–Crippen MR) is 142 cm³/mol. The molecular weight excluding hydrogens is 470 g/mol. The van der Waals surface area contributed by atoms with Crippen molar-refractivity contribution in [1.29, 1.82) is 0 Å². The molecule has 0 unspecified atom stereocenters. The molecular formula is C29H27N3O5. The molecule has 0 fully saturated rings. The Kier molecular flexibility index (Phi) is 6.66. The maximum absolute atomic E-state index is 13.2. The Labute approximate surface area is 213 Å². The van der Waals surface area contributed by atoms with Crippen LogP contribution in [0.2, 0.25) is 0 Å². The number of H-pyrrole nitrogens is 1. The fraction of sp³-hybridized carbons (Fsp3) is 0.172. The van der Waals surface area contributed by atoms with E-state index in [4.69, 9.17) is 19.2 Å². The average molecular weight is 498 g/mol. The molecule has 0 bridgehead atoms. The molecule has 188 valence electrons. The number of ether oxygens (including phenoxy) is 3. The van der Waals surface area contributed by atoms with Gasteiger partial charge in [0.25, 0.3) is 5.91 Å². The van der Waals surface area contributed by atoms with E-state index in [0.29, 0.717) is 28.5 Å². The number of nitrogens with one attached hydrogen (secondary N) is 2. The zero-order valence-electron chi connectivity index (χ0n) is 20.7. The number of methoxy groups -OCH3 is 3. The summed E-state index contributed by atoms with van der Waals surface area (Å²) in [6.07, 6.45) is -0.837. The molecule has 8 nitrogen and oxygen atoms in total. The van der Waals surface area contributed by atoms with Crippen molar-refractivity contribution in [2.45, 2.75) is 6.10 Å². The SMILES string of the molecule is COc1cc(-c2nc(C(=O)NC[C@H](O)c3ccccc3)cc3c2[nH]c2ccccc23)cc(OC)c1OC. The van der Waals surface area contributed by atoms with E-state index in [-0.39, 0.29) is 12.2 Å². The summed E-state index contributed by atoms with van der Waals surface area (Å²) in [6, 6.07) is 22.4. The maximum Gasteiger partial charge on any atom is 0.270 e. The number of amides is 1. The summed E-state index contributed by atoms with van der Waals surface area (Å²) in [4.78, 5) is 21.4. The van der Waals surface area contributed by atoms with Gasteiger partial charge in [-0.25, -0.2) is 4.98 Å². The first-order valence-corrected chi connectivity index (χ1v) is 11.8. The number of nitrogens with zero attached hydrogens (tertiary/aromatic N) is 1. The van der Waals surface area contributed by atoms with E-state index in [9.17, 15) is 9.90 Å². The van der Waals surface area contributed by atoms with Crippen LogP contribution in [-0.2, 0) is 0 Å². The molecule has 0 aliphatic heterocycles. The first-order valence-electron chi connectivity index (χ1n) is 11.8. The van der Waals surface area contributed by atoms with E-state index in [0.717, 1.165) is 27.4 Å². The Bertz CT molecular complexity index is 1550. The Morgan fingerprint density at radius 2 is 1.59 bits per heavy atom. The number of aromatic amines is 1. The number of fused-ring (bicyclic) bond motifs is 3. The van der Waals surface area contributed by atoms with Crippen molar-refractivity contribution >= 4 is 27.7 Å². The molecule has 5 aromatic rings. The molecule has 1 amide bonds. The highest BCUT2D eigenvalue weighted by molar-refractivity contribution is 6.13. The summed E-state index contributed by atoms with van der Waals surface area (Å²) in [6.45, 7) is 0.0516. The van der Waals surface area contributed by atoms with Gasteiger partial charge in [-0.3, -0.25) is 4.79 Å². The van der Waals surface area contributed by atoms with Crippen LogP contribution in [0.5, 0.6) is 17.2 Å². The third-order valence-corrected chi connectivity index (χ3v) is 6.31. The number of aliphatic hydroxyl groups excluding tert-OH is 1. The molecule has 3 N–H and O–H groups in total. The number of hydrogen-bond donors (Lipinski definition) is 3. The Balaban J connectivity index is 1.61. The van der Waals surface area contributed by atoms with E-state index >= 15 is 0 Å². The van der Waals surface area contributed by atoms with Crippen LogP contribution in [0.1, 0.15) is 22.2 Å². The number of aromatic nitrogens is 2. The number of aliphatic hydroxyl groups is 1. The molecule has 2 aromatic heterocycles. The van der Waals surface area contributed by atoms with Gasteiger partial charge < -0.3 is 29.6 Å². The van der Waals surface area contributed by atoms with Gasteiger partial charge in [-0.15, -0.1) is 0 Å². The Hall–Kier alpha value is -4.56. The third-order valence-electron chi connectivity index (χ3n) is 6.31. The monoisotopic (exact) mass is 497 g/mol. The summed E-state index contributed by atoms with van der Waals surface area (Å²) in [5.74, 6) is 1.02. The highest BCUT2D eigenvalue weighted by atomic mass is 16.5. The maximum atomic E-state index is 13.2. The predicted octanol–water partition coefficient (Wildman–Crippen LogP) is 4.87. The van der Waals surface area contributed by atoms with Crippen molar-refractivity contribution in [2.75, 3.05) is 27.9 Å². The molecule has 2 heterocycles. The molecule has 5 rings (SSSR count). The van der Waals surface area contributed by atoms with E-state index < -0.39 is 12.0 Å². The van der Waals surface area contributed by atoms with Crippen molar-refractivity contribution < 1.29 is 24.1 Å². The quantitative estimate of drug-likeness (QED) is 0.282. The van der Waals surface area contributed by atoms with Crippen LogP contribution in [-0.4, -0.2) is 48.9 Å². The van der Waals surface area contributed by atoms with E-state index in [2.05, 4.69) is 10.3 Å². The van der Waals surface area contributed by atoms with Crippen LogP contribution < -0.4 is 19.5 Å². The molecule has 8 heteroatoms. The van der Waals surface area contributed by atoms with E-state index in [1.807, 2.05) is 54.6 Å². The molecule has 0 aliphatic carbocycles. The number of benzene rings is 3. The fourth-order valence-electron chi connectivity index (χ4n) is 4.46. The van der Waals surface area contributed by atoms with Gasteiger partial charge in [0.15, 0.2) is 11.5 Å². The van der Waals surface area contributed by atoms with Crippen molar-refractivity contribution in [1.82, 2.24) is 15.3 Å². The van der Waals surface area contributed by atoms with Gasteiger partial charge in [-0.2, -0.15) is 0 Å². The van der Waals surface area contributed by atoms with Gasteiger partial charge in [0, 0.05) is 28.4 Å². The standard InChI is InChI=1S/C29H27N3O5/c1-35-24-13-18(14-25(36-2)28(24)37-3)26-27-20(19-11-7-8-12-21(19)31-27)15-22(32-26)29(34)30-16-23(33)17-9-5-4-6-10-17/h4-15,23,31,33H,16H2,1-3H3,(H,30,34)/t23-/m0/s1. The molecule has 0 saturated heterocycles. The van der Waals surface area contributed by atoms with E-state index in [1.54, 1.807) is 39.5 Å². The minimum absolute atomic E-state index is 0.0516. The molecule has 0 radical (unpaired) electrons. The number of carbonyl (C=O) groups excluding carboxylic acids is 1. The lowest BCUT2D eigenvalue weighted by atomic mass is 10.0. The lowest BCUT2D eigenvalue weighted by molar-refractivity contribution is 0.0911. The second-order valence-corrected chi connectivity index (χ2v) is 8.50. The van der Waals surface area contributed by atoms with Crippen molar-refractivity contribution in [3.63, 3.8) is 0 Å². The first-order chi connectivity index (χ1) is 18.0. The zero-order chi connectivity index (χ0) is 25.9. The number of carbonyl (C=O) groups is 1. The normalized spacial score (nSPS) is 11.9. The second kappa shape index (κ2) is 10.2. The summed E-state index contributed by atoms with van der Waals surface area (Å²) in [5.41, 5.74) is 3.88. The number of hydrogen-bond acceptors (Lipinski definition) is 6. The number of pyridine rings is 1. The van der Waals surface area contributed by atoms with Crippen molar-refractivity contribution in [3.05, 3.63) is 84.1 Å². The minimum Gasteiger partial charge on any atom is -0.493 e. The van der Waals surface area contributed by atoms with Gasteiger partial charge in [-0.1, -0.05) is 48.5 Å². The Morgan fingerprint density at radius 3 is 2.27 bits per heavy atom. The topological polar surface area (TPSA) is 106 Å². The largest absolute Gasteiger partial charge is 0.493 e. The highest BCUT2D eigenvalue weighted by Crippen LogP contribution is 2.42. The summed E-state index contributed by atoms with van der Waals surface area (Å²) >= 11 is 0. The lowest BCUT2D eigenvalue weighted by Gasteiger charge is -2.15. The molecule has 1 atom stereocenters. The summed E-state index contributed by atoms with van der Waals surface area (Å²) in [7, 11) is 4.65. The molecule has 0 spiro atoms. The Morgan fingerprint density at radius 1 is 0.919 bits per heavy atom. The third kappa shape index (κ3) is 4.54. The smallest absolute Gasteiger partial charge is 0.270 e. The molecule has 3 aromatic carbocycles. The van der Waals surface area contributed by atoms with Gasteiger partial charge in [0.1, 0.15) is 5.69 Å². The number of rotatable bonds is 8. The van der Waals surface area contributed by atoms with Gasteiger partial charge in [0.2, 0.25) is 5.75 Å². The summed E-state index contributed by atoms with van der Waals surface area (Å²) in [5, 5.41) is 15.1. The average Bonchev–Trinajstić information content (AvgIpc) is 3.33. The lowest BCUT2D eigenvalue weighted by Crippen LogP contribution is -2.29. The van der Waals surface area contributed by atoms with Crippen LogP contribution in [0.3, 0.4) is 0 Å². The van der Waals surface area contributed by atoms with Crippen LogP contribution >= 0.6 is 0 Å². The van der Waals surface area contributed by atoms with Gasteiger partial charge >= 0.3 is 0 Å². The second-order valence-electron chi connectivity index (χ2n) is 8.50. The van der Waals surface area contributed by atoms with Crippen molar-refractivity contribution in [3.8, 4) is 28.5 Å². The number of para-hydroxylation sites is 1. The summed E-state index contributed by atoms with van der Waals surface area (Å²) < 4.78 is 16.6. The van der Waals surface area contributed by atoms with E-state index in [1.165, 1.54) is 0 Å². The van der Waals surface area contributed by atoms with Crippen LogP contribution in [0.15, 0.2) is 72.8 Å². The molecule has 0 saturated carbocycles. The van der Waals surface area contributed by atoms with Crippen molar-refractivity contribution in [2.24, 2.45) is 0 Å². The first kappa shape index (κ1) is 24.1. The van der Waals surface area contributed by atoms with Crippen LogP contribution in [0.25, 0.3) is 33.1 Å². The highest BCUT2D eigenvalue weighted by Gasteiger charge is 2.21. The van der Waals surface area contributed by atoms with Gasteiger partial charge in [0.05, 0.1) is 38.6 Å². The zero-order valence-corrected chi connectivity index (χ0v) is 20.7. The van der Waals surface area contributed by atoms with Crippen LogP contribution in [0, 0.1) is 0 Å². The van der Waals surface area contributed by atoms with Crippen LogP contribution in [0.4, 0.5) is 0 Å². The molecule has 37 heavy (non-hydrogen) atoms. The minimum atomic E-state index is -0.837. The fourth-order valence-corrected chi connectivity index (χ4v) is 4.46.